The maximum atomic E-state index is 12.2. The van der Waals surface area contributed by atoms with Crippen molar-refractivity contribution in [1.29, 1.82) is 0 Å². The number of rotatable bonds is 12. The third kappa shape index (κ3) is 21.6. The lowest BCUT2D eigenvalue weighted by atomic mass is 9.48. The van der Waals surface area contributed by atoms with Gasteiger partial charge in [0.15, 0.2) is 28.9 Å². The molecule has 0 radical (unpaired) electrons. The number of ketones is 6. The fourth-order valence-corrected chi connectivity index (χ4v) is 29.2. The van der Waals surface area contributed by atoms with Gasteiger partial charge in [-0.15, -0.1) is 0 Å². The smallest absolute Gasteiger partial charge is 0.203 e. The quantitative estimate of drug-likeness (QED) is 0.0802. The topological polar surface area (TPSA) is 298 Å². The third-order valence-corrected chi connectivity index (χ3v) is 38.0. The van der Waals surface area contributed by atoms with Gasteiger partial charge in [0, 0.05) is 134 Å². The summed E-state index contributed by atoms with van der Waals surface area (Å²) in [7, 11) is 6.59. The molecule has 18 atom stereocenters. The van der Waals surface area contributed by atoms with E-state index in [1.165, 1.54) is 28.7 Å². The summed E-state index contributed by atoms with van der Waals surface area (Å²) < 4.78 is 67.5. The molecule has 0 bridgehead atoms. The second-order valence-corrected chi connectivity index (χ2v) is 47.4. The second kappa shape index (κ2) is 43.9. The summed E-state index contributed by atoms with van der Waals surface area (Å²) in [5, 5.41) is 41.2. The molecule has 2 saturated heterocycles. The van der Waals surface area contributed by atoms with Gasteiger partial charge in [-0.1, -0.05) is 163 Å². The van der Waals surface area contributed by atoms with Crippen LogP contribution in [0.15, 0.2) is 69.7 Å². The summed E-state index contributed by atoms with van der Waals surface area (Å²) in [4.78, 5) is 73.4. The van der Waals surface area contributed by atoms with Crippen LogP contribution in [0.1, 0.15) is 362 Å². The molecule has 2 heterocycles. The number of hydrogen-bond donors (Lipinski definition) is 4. The Morgan fingerprint density at radius 1 is 0.373 bits per heavy atom. The number of allylic oxidation sites excluding steroid dienone is 8. The van der Waals surface area contributed by atoms with Gasteiger partial charge >= 0.3 is 0 Å². The molecule has 0 aromatic rings. The highest BCUT2D eigenvalue weighted by Gasteiger charge is 2.66. The van der Waals surface area contributed by atoms with Crippen molar-refractivity contribution in [3.8, 4) is 0 Å². The molecule has 18 aliphatic rings. The number of aliphatic hydroxyl groups excluding tert-OH is 4. The van der Waals surface area contributed by atoms with Gasteiger partial charge in [0.25, 0.3) is 0 Å². The Labute approximate surface area is 804 Å². The Kier molecular flexibility index (Phi) is 35.9. The Morgan fingerprint density at radius 2 is 0.813 bits per heavy atom. The molecule has 0 amide bonds. The summed E-state index contributed by atoms with van der Waals surface area (Å²) in [6, 6.07) is 0. The normalized spacial score (nSPS) is 38.5. The van der Waals surface area contributed by atoms with Gasteiger partial charge in [-0.2, -0.15) is 0 Å². The minimum Gasteiger partial charge on any atom is -0.523 e. The average molecular weight is 1880 g/mol. The molecule has 16 aliphatic carbocycles. The molecular weight excluding hydrogens is 1700 g/mol. The van der Waals surface area contributed by atoms with E-state index in [-0.39, 0.29) is 143 Å². The van der Waals surface area contributed by atoms with Crippen LogP contribution in [0.3, 0.4) is 0 Å². The molecule has 4 N–H and O–H groups in total. The lowest BCUT2D eigenvalue weighted by Gasteiger charge is -2.61. The van der Waals surface area contributed by atoms with Crippen molar-refractivity contribution in [3.05, 3.63) is 81.1 Å². The average Bonchev–Trinajstić information content (AvgIpc) is 1.32. The third-order valence-electron chi connectivity index (χ3n) is 38.0. The van der Waals surface area contributed by atoms with Gasteiger partial charge in [-0.3, -0.25) is 28.8 Å². The highest BCUT2D eigenvalue weighted by molar-refractivity contribution is 5.98. The molecule has 23 heteroatoms. The number of fused-ring (bicyclic) bond motifs is 8. The zero-order valence-electron chi connectivity index (χ0n) is 86.6. The van der Waals surface area contributed by atoms with Crippen molar-refractivity contribution in [3.63, 3.8) is 0 Å². The second-order valence-electron chi connectivity index (χ2n) is 47.4. The summed E-state index contributed by atoms with van der Waals surface area (Å²) in [6.07, 6.45) is 44.3. The molecule has 0 aromatic carbocycles. The van der Waals surface area contributed by atoms with Crippen LogP contribution in [0.25, 0.3) is 4.85 Å². The fraction of sp³-hybridized carbons (Fsp3) is 0.829. The summed E-state index contributed by atoms with van der Waals surface area (Å²) in [6.45, 7) is 50.4. The Bertz CT molecular complexity index is 4350. The van der Waals surface area contributed by atoms with Gasteiger partial charge in [-0.25, -0.2) is 4.85 Å². The Hall–Kier alpha value is -4.85. The molecule has 0 unspecified atom stereocenters. The molecule has 18 rings (SSSR count). The zero-order valence-corrected chi connectivity index (χ0v) is 86.6. The largest absolute Gasteiger partial charge is 0.523 e. The van der Waals surface area contributed by atoms with Crippen molar-refractivity contribution in [2.75, 3.05) is 82.0 Å². The van der Waals surface area contributed by atoms with Crippen LogP contribution in [-0.2, 0) is 85.6 Å². The van der Waals surface area contributed by atoms with E-state index in [1.54, 1.807) is 40.6 Å². The van der Waals surface area contributed by atoms with Gasteiger partial charge < -0.3 is 77.3 Å². The maximum absolute atomic E-state index is 12.2. The number of hydrogen-bond acceptors (Lipinski definition) is 22. The van der Waals surface area contributed by atoms with Gasteiger partial charge in [0.1, 0.15) is 50.3 Å². The van der Waals surface area contributed by atoms with Crippen LogP contribution in [0.2, 0.25) is 0 Å². The number of carbonyl (C=O) groups is 6. The van der Waals surface area contributed by atoms with Crippen LogP contribution in [0.4, 0.5) is 0 Å². The van der Waals surface area contributed by atoms with E-state index in [0.717, 1.165) is 205 Å². The highest BCUT2D eigenvalue weighted by atomic mass is 16.7. The molecule has 2 aliphatic heterocycles. The predicted molar refractivity (Wildman–Crippen MR) is 516 cm³/mol. The number of nitrogens with zero attached hydrogens (tertiary/aromatic N) is 1. The predicted octanol–water partition coefficient (Wildman–Crippen LogP) is 21.8. The summed E-state index contributed by atoms with van der Waals surface area (Å²) >= 11 is 0. The van der Waals surface area contributed by atoms with Gasteiger partial charge in [0.2, 0.25) is 5.70 Å². The minimum absolute atomic E-state index is 0.00576. The zero-order chi connectivity index (χ0) is 98.3. The van der Waals surface area contributed by atoms with Crippen LogP contribution in [-0.4, -0.2) is 191 Å². The van der Waals surface area contributed by atoms with Gasteiger partial charge in [-0.05, 0) is 240 Å². The van der Waals surface area contributed by atoms with E-state index in [0.29, 0.717) is 119 Å². The summed E-state index contributed by atoms with van der Waals surface area (Å²) in [5.74, 6) is 2.52. The van der Waals surface area contributed by atoms with Crippen molar-refractivity contribution < 1.29 is 106 Å². The monoisotopic (exact) mass is 1870 g/mol. The number of ether oxygens (including phenoxy) is 12. The molecule has 0 aromatic heterocycles. The van der Waals surface area contributed by atoms with Gasteiger partial charge in [0.05, 0.1) is 75.7 Å². The highest BCUT2D eigenvalue weighted by Crippen LogP contribution is 2.67. The number of Topliss-reactive ketones (excluding diaryl/α,β-unsaturated/α-hetero) is 3. The summed E-state index contributed by atoms with van der Waals surface area (Å²) in [5.41, 5.74) is 5.27. The van der Waals surface area contributed by atoms with E-state index < -0.39 is 11.6 Å². The first kappa shape index (κ1) is 110. The number of methoxy groups -OCH3 is 4. The van der Waals surface area contributed by atoms with E-state index in [9.17, 15) is 49.2 Å². The standard InChI is InChI=1S/C16H25NO3.C15H26O3.C15H24O3.C15H26O3.C15H24O3.C13H20O3.C11H16O2.C11H14O2/c1-15(2)12-7-6-8-13(20-10-19-5)16(12,3)9-11(17-4)14(15)18;2*1-13(2)11-5-4-6-12(16)14(11,3)7-8-15(13)17-9-10-18-15;2*1-14(2)11-6-5-7-13(18-10-17-4)15(11,3)9-8-12(14)16;1-13-7-6-11(14)8-10(13)4-3-5-12(13)16-9-15-2;2*1-11-6-5-9(12)7-8(11)3-2-4-10(11)13/h12-13,18H,6-10H2,1-3,5H3;11-12,16H,4-10H2,1-3H3;5,12,16H,4,6-10H2,1-3H3;11,13H,5-10H2,1-4H3;6,13H,5,7-10H2,1-4H3;8,12H,3-7,9H2,1-2H3;7,10,13H,2-6H2,1H3;7H,2-6H2,1H3/t12-,13-,16-;11-,12-,14-;12-,14-;11-,13-,15-;13-,15-;12-,13-;10-,11-;11-/m00000000/s1. The molecule has 134 heavy (non-hydrogen) atoms. The van der Waals surface area contributed by atoms with Crippen LogP contribution < -0.4 is 0 Å². The van der Waals surface area contributed by atoms with E-state index in [1.807, 2.05) is 26.8 Å². The molecule has 756 valence electrons. The molecule has 12 fully saturated rings. The van der Waals surface area contributed by atoms with Crippen LogP contribution >= 0.6 is 0 Å². The van der Waals surface area contributed by atoms with Crippen molar-refractivity contribution in [2.45, 2.75) is 416 Å². The number of aliphatic hydroxyl groups is 4. The number of carbonyl (C=O) groups excluding carboxylic acids is 6. The Morgan fingerprint density at radius 3 is 1.40 bits per heavy atom. The first-order valence-corrected chi connectivity index (χ1v) is 51.6. The van der Waals surface area contributed by atoms with Crippen LogP contribution in [0, 0.1) is 94.7 Å². The molecular formula is C111H175NO22. The fourth-order valence-electron chi connectivity index (χ4n) is 29.2. The molecule has 10 saturated carbocycles. The van der Waals surface area contributed by atoms with Crippen molar-refractivity contribution >= 4 is 34.7 Å². The van der Waals surface area contributed by atoms with Crippen LogP contribution in [0.5, 0.6) is 0 Å². The van der Waals surface area contributed by atoms with E-state index in [4.69, 9.17) is 63.4 Å². The van der Waals surface area contributed by atoms with Crippen molar-refractivity contribution in [2.24, 2.45) is 88.1 Å². The minimum atomic E-state index is -0.463. The molecule has 23 nitrogen and oxygen atoms in total. The Balaban J connectivity index is 0.000000148. The van der Waals surface area contributed by atoms with Crippen molar-refractivity contribution in [1.82, 2.24) is 0 Å². The lowest BCUT2D eigenvalue weighted by Crippen LogP contribution is -2.62. The van der Waals surface area contributed by atoms with E-state index in [2.05, 4.69) is 121 Å². The maximum Gasteiger partial charge on any atom is 0.203 e. The van der Waals surface area contributed by atoms with E-state index >= 15 is 0 Å². The molecule has 2 spiro atoms. The lowest BCUT2D eigenvalue weighted by molar-refractivity contribution is -0.297. The first-order chi connectivity index (χ1) is 63.0. The first-order valence-electron chi connectivity index (χ1n) is 51.6. The SMILES string of the molecule is CC1(C)C2=CCC[C@H](O)[C@@]2(C)CCC12OCCO2.CC1(C)[C@@H]2CCC[C@H](O)[C@@]2(C)CCC12OCCO2.COCO[C@H]1CCC=C2C(C)(C)C(=O)CC[C@@]21C.COCO[C@H]1CCCC2=CC(=O)CC[C@@]21C.COCO[C@H]1CCC[C@H]2C(C)(C)C(=O)CC[C@]12C.C[C@]12CCC(=O)C=C1CCCC2=O.C[C@]12CCC(=O)C=C1CCC[C@@H]2O.[C-]#[N+]C1=C(O)C(C)(C)[C@@H]2CCC[C@H](OCOC)[C@@]2(C)C1.